The van der Waals surface area contributed by atoms with E-state index < -0.39 is 0 Å². The first-order valence-corrected chi connectivity index (χ1v) is 8.26. The number of aromatic nitrogens is 3. The number of hydrogen-bond donors (Lipinski definition) is 1. The first-order chi connectivity index (χ1) is 12.7. The van der Waals surface area contributed by atoms with Gasteiger partial charge in [0.15, 0.2) is 0 Å². The maximum atomic E-state index is 13.3. The molecule has 2 heterocycles. The Morgan fingerprint density at radius 2 is 1.65 bits per heavy atom. The second kappa shape index (κ2) is 5.39. The molecular formula is C21H13N3O2. The Kier molecular flexibility index (Phi) is 3.03. The van der Waals surface area contributed by atoms with Crippen LogP contribution in [-0.2, 0) is 0 Å². The summed E-state index contributed by atoms with van der Waals surface area (Å²) in [5.41, 5.74) is 1.82. The van der Waals surface area contributed by atoms with Crippen molar-refractivity contribution in [1.82, 2.24) is 14.5 Å². The lowest BCUT2D eigenvalue weighted by Crippen LogP contribution is -2.28. The van der Waals surface area contributed by atoms with E-state index in [4.69, 9.17) is 0 Å². The van der Waals surface area contributed by atoms with Crippen molar-refractivity contribution in [1.29, 1.82) is 0 Å². The Labute approximate surface area is 147 Å². The Hall–Kier alpha value is -3.73. The largest absolute Gasteiger partial charge is 0.339 e. The van der Waals surface area contributed by atoms with E-state index in [0.717, 1.165) is 5.57 Å². The third-order valence-electron chi connectivity index (χ3n) is 4.56. The topological polar surface area (TPSA) is 67.8 Å². The van der Waals surface area contributed by atoms with Crippen molar-refractivity contribution in [2.24, 2.45) is 0 Å². The molecule has 2 aromatic carbocycles. The average Bonchev–Trinajstić information content (AvgIpc) is 2.61. The van der Waals surface area contributed by atoms with Gasteiger partial charge in [0.1, 0.15) is 16.9 Å². The monoisotopic (exact) mass is 339 g/mol. The van der Waals surface area contributed by atoms with Crippen LogP contribution < -0.4 is 11.0 Å². The SMILES string of the molecule is O=c1c2ccccc2[nH]c2nc(C3=CC=C3)n(-c3ccccc3)c(=O)c12. The van der Waals surface area contributed by atoms with Crippen LogP contribution in [0.1, 0.15) is 5.82 Å². The zero-order chi connectivity index (χ0) is 17.7. The predicted molar refractivity (Wildman–Crippen MR) is 103 cm³/mol. The van der Waals surface area contributed by atoms with Crippen molar-refractivity contribution in [2.75, 3.05) is 0 Å². The number of H-pyrrole nitrogens is 1. The van der Waals surface area contributed by atoms with E-state index in [0.29, 0.717) is 28.1 Å². The van der Waals surface area contributed by atoms with Crippen LogP contribution in [0.25, 0.3) is 33.2 Å². The van der Waals surface area contributed by atoms with Crippen LogP contribution in [0.2, 0.25) is 0 Å². The van der Waals surface area contributed by atoms with Gasteiger partial charge in [-0.25, -0.2) is 4.98 Å². The number of allylic oxidation sites excluding steroid dienone is 4. The van der Waals surface area contributed by atoms with Gasteiger partial charge in [-0.15, -0.1) is 0 Å². The van der Waals surface area contributed by atoms with Gasteiger partial charge >= 0.3 is 0 Å². The summed E-state index contributed by atoms with van der Waals surface area (Å²) in [5, 5.41) is 0.550. The second-order valence-corrected chi connectivity index (χ2v) is 6.12. The minimum absolute atomic E-state index is 0.0696. The highest BCUT2D eigenvalue weighted by Gasteiger charge is 2.19. The lowest BCUT2D eigenvalue weighted by atomic mass is 10.1. The summed E-state index contributed by atoms with van der Waals surface area (Å²) in [6, 6.07) is 16.4. The van der Waals surface area contributed by atoms with Crippen molar-refractivity contribution in [3.8, 4) is 5.69 Å². The third kappa shape index (κ3) is 2.01. The van der Waals surface area contributed by atoms with Gasteiger partial charge in [-0.1, -0.05) is 48.6 Å². The fraction of sp³-hybridized carbons (Fsp3) is 0. The number of rotatable bonds is 2. The van der Waals surface area contributed by atoms with E-state index in [9.17, 15) is 9.59 Å². The minimum Gasteiger partial charge on any atom is -0.339 e. The van der Waals surface area contributed by atoms with E-state index >= 15 is 0 Å². The number of hydrogen-bond acceptors (Lipinski definition) is 3. The van der Waals surface area contributed by atoms with Crippen LogP contribution in [0, 0.1) is 0 Å². The lowest BCUT2D eigenvalue weighted by Gasteiger charge is -2.16. The zero-order valence-electron chi connectivity index (χ0n) is 13.6. The summed E-state index contributed by atoms with van der Waals surface area (Å²) in [4.78, 5) is 34.0. The van der Waals surface area contributed by atoms with Crippen LogP contribution in [0.15, 0.2) is 82.4 Å². The highest BCUT2D eigenvalue weighted by atomic mass is 16.1. The molecule has 0 atom stereocenters. The standard InChI is InChI=1S/C21H13N3O2/c25-18-15-11-4-5-12-16(15)22-19-17(18)21(26)24(14-9-2-1-3-10-14)20(23-19)13-7-6-8-13/h1-12H,(H,22,25). The minimum atomic E-state index is -0.371. The van der Waals surface area contributed by atoms with Gasteiger partial charge in [-0.2, -0.15) is 0 Å². The zero-order valence-corrected chi connectivity index (χ0v) is 13.6. The van der Waals surface area contributed by atoms with Crippen LogP contribution in [-0.4, -0.2) is 14.5 Å². The van der Waals surface area contributed by atoms with Crippen LogP contribution in [0.5, 0.6) is 0 Å². The summed E-state index contributed by atoms with van der Waals surface area (Å²) in [6.45, 7) is 0. The molecule has 2 aromatic heterocycles. The van der Waals surface area contributed by atoms with E-state index in [2.05, 4.69) is 9.97 Å². The van der Waals surface area contributed by atoms with Gasteiger partial charge in [0.05, 0.1) is 11.2 Å². The molecule has 0 spiro atoms. The summed E-state index contributed by atoms with van der Waals surface area (Å²) < 4.78 is 1.50. The molecule has 1 aliphatic rings. The van der Waals surface area contributed by atoms with Crippen molar-refractivity contribution < 1.29 is 0 Å². The summed E-state index contributed by atoms with van der Waals surface area (Å²) in [5.74, 6) is 0.516. The number of nitrogens with one attached hydrogen (secondary N) is 1. The molecule has 0 amide bonds. The van der Waals surface area contributed by atoms with E-state index in [1.807, 2.05) is 60.7 Å². The highest BCUT2D eigenvalue weighted by Crippen LogP contribution is 2.23. The molecule has 1 aliphatic carbocycles. The van der Waals surface area contributed by atoms with Crippen LogP contribution in [0.4, 0.5) is 0 Å². The maximum Gasteiger partial charge on any atom is 0.271 e. The van der Waals surface area contributed by atoms with E-state index in [1.165, 1.54) is 4.57 Å². The molecule has 0 saturated heterocycles. The molecule has 0 bridgehead atoms. The number of pyridine rings is 1. The fourth-order valence-corrected chi connectivity index (χ4v) is 3.22. The quantitative estimate of drug-likeness (QED) is 0.570. The van der Waals surface area contributed by atoms with Gasteiger partial charge in [-0.3, -0.25) is 14.2 Å². The first-order valence-electron chi connectivity index (χ1n) is 8.26. The van der Waals surface area contributed by atoms with Gasteiger partial charge in [0.2, 0.25) is 5.43 Å². The molecule has 5 rings (SSSR count). The van der Waals surface area contributed by atoms with Crippen LogP contribution in [0.3, 0.4) is 0 Å². The normalized spacial score (nSPS) is 13.0. The molecule has 0 unspecified atom stereocenters. The number of nitrogens with zero attached hydrogens (tertiary/aromatic N) is 2. The molecule has 5 nitrogen and oxygen atoms in total. The molecule has 4 aromatic rings. The molecule has 0 saturated carbocycles. The number of benzene rings is 2. The molecule has 124 valence electrons. The van der Waals surface area contributed by atoms with Crippen molar-refractivity contribution in [3.63, 3.8) is 0 Å². The van der Waals surface area contributed by atoms with Crippen molar-refractivity contribution >= 4 is 27.5 Å². The Bertz CT molecular complexity index is 1360. The number of para-hydroxylation sites is 2. The van der Waals surface area contributed by atoms with Gasteiger partial charge < -0.3 is 4.98 Å². The van der Waals surface area contributed by atoms with E-state index in [-0.39, 0.29) is 16.4 Å². The number of fused-ring (bicyclic) bond motifs is 2. The summed E-state index contributed by atoms with van der Waals surface area (Å²) in [7, 11) is 0. The molecule has 1 N–H and O–H groups in total. The Balaban J connectivity index is 1.98. The Morgan fingerprint density at radius 1 is 0.923 bits per heavy atom. The predicted octanol–water partition coefficient (Wildman–Crippen LogP) is 3.18. The van der Waals surface area contributed by atoms with E-state index in [1.54, 1.807) is 12.1 Å². The third-order valence-corrected chi connectivity index (χ3v) is 4.56. The molecule has 5 heteroatoms. The first kappa shape index (κ1) is 14.6. The fourth-order valence-electron chi connectivity index (χ4n) is 3.22. The van der Waals surface area contributed by atoms with Crippen molar-refractivity contribution in [3.05, 3.63) is 99.2 Å². The maximum absolute atomic E-state index is 13.3. The summed E-state index contributed by atoms with van der Waals surface area (Å²) >= 11 is 0. The van der Waals surface area contributed by atoms with Gasteiger partial charge in [0.25, 0.3) is 5.56 Å². The molecule has 26 heavy (non-hydrogen) atoms. The molecular weight excluding hydrogens is 326 g/mol. The van der Waals surface area contributed by atoms with Crippen LogP contribution >= 0.6 is 0 Å². The van der Waals surface area contributed by atoms with Gasteiger partial charge in [0, 0.05) is 11.0 Å². The lowest BCUT2D eigenvalue weighted by molar-refractivity contribution is 0.929. The molecule has 0 radical (unpaired) electrons. The molecule has 0 aliphatic heterocycles. The highest BCUT2D eigenvalue weighted by molar-refractivity contribution is 5.91. The van der Waals surface area contributed by atoms with Gasteiger partial charge in [-0.05, 0) is 24.3 Å². The summed E-state index contributed by atoms with van der Waals surface area (Å²) in [6.07, 6.45) is 5.68. The average molecular weight is 339 g/mol. The number of aromatic amines is 1. The Morgan fingerprint density at radius 3 is 2.38 bits per heavy atom. The van der Waals surface area contributed by atoms with Crippen molar-refractivity contribution in [2.45, 2.75) is 0 Å². The molecule has 0 fully saturated rings. The smallest absolute Gasteiger partial charge is 0.271 e. The second-order valence-electron chi connectivity index (χ2n) is 6.12.